The van der Waals surface area contributed by atoms with Gasteiger partial charge in [-0.05, 0) is 18.6 Å². The normalized spacial score (nSPS) is 11.1. The molecule has 0 unspecified atom stereocenters. The summed E-state index contributed by atoms with van der Waals surface area (Å²) in [6.07, 6.45) is 35.8. The molecule has 0 fully saturated rings. The minimum Gasteiger partial charge on any atom is -0.326 e. The molecule has 0 saturated carbocycles. The highest BCUT2D eigenvalue weighted by atomic mass is 16.1. The van der Waals surface area contributed by atoms with Crippen molar-refractivity contribution in [1.29, 1.82) is 0 Å². The summed E-state index contributed by atoms with van der Waals surface area (Å²) in [5, 5.41) is 2.97. The maximum atomic E-state index is 11.9. The molecule has 0 atom stereocenters. The number of amides is 1. The van der Waals surface area contributed by atoms with Crippen LogP contribution in [0.4, 0.5) is 5.69 Å². The van der Waals surface area contributed by atoms with Crippen LogP contribution in [0.25, 0.3) is 0 Å². The zero-order valence-electron chi connectivity index (χ0n) is 24.2. The summed E-state index contributed by atoms with van der Waals surface area (Å²) in [5.74, 6) is 0.148. The highest BCUT2D eigenvalue weighted by Crippen LogP contribution is 2.16. The molecule has 2 nitrogen and oxygen atoms in total. The van der Waals surface area contributed by atoms with Crippen molar-refractivity contribution in [2.45, 2.75) is 174 Å². The third kappa shape index (κ3) is 23.1. The van der Waals surface area contributed by atoms with Crippen LogP contribution in [0.3, 0.4) is 0 Å². The van der Waals surface area contributed by atoms with Gasteiger partial charge in [0, 0.05) is 12.1 Å². The fraction of sp³-hybridized carbons (Fsp3) is 0.794. The summed E-state index contributed by atoms with van der Waals surface area (Å²) in [7, 11) is 0. The van der Waals surface area contributed by atoms with Crippen molar-refractivity contribution in [1.82, 2.24) is 0 Å². The van der Waals surface area contributed by atoms with Gasteiger partial charge in [-0.2, -0.15) is 0 Å². The van der Waals surface area contributed by atoms with Gasteiger partial charge in [-0.1, -0.05) is 179 Å². The van der Waals surface area contributed by atoms with E-state index >= 15 is 0 Å². The molecule has 0 bridgehead atoms. The number of unbranched alkanes of at least 4 members (excludes halogenated alkanes) is 24. The van der Waals surface area contributed by atoms with Gasteiger partial charge in [0.25, 0.3) is 0 Å². The van der Waals surface area contributed by atoms with E-state index in [4.69, 9.17) is 0 Å². The molecular weight excluding hydrogens is 438 g/mol. The molecule has 2 heteroatoms. The Kier molecular flexibility index (Phi) is 24.3. The monoisotopic (exact) mass is 499 g/mol. The minimum absolute atomic E-state index is 0.148. The predicted octanol–water partition coefficient (Wildman–Crippen LogP) is 11.8. The fourth-order valence-electron chi connectivity index (χ4n) is 5.17. The average Bonchev–Trinajstić information content (AvgIpc) is 2.89. The second-order valence-electron chi connectivity index (χ2n) is 11.1. The quantitative estimate of drug-likeness (QED) is 0.120. The standard InChI is InChI=1S/C34H61NO/c1-2-3-4-5-6-7-8-9-10-11-12-13-14-15-16-17-18-19-20-21-22-23-24-25-29-32-34(36)35-33-30-27-26-28-31-33/h26-28,30-31H,2-25,29,32H2,1H3,(H,35,36). The van der Waals surface area contributed by atoms with Gasteiger partial charge < -0.3 is 5.32 Å². The van der Waals surface area contributed by atoms with Crippen LogP contribution in [0.2, 0.25) is 0 Å². The Morgan fingerprint density at radius 2 is 0.778 bits per heavy atom. The average molecular weight is 500 g/mol. The van der Waals surface area contributed by atoms with Crippen molar-refractivity contribution in [2.75, 3.05) is 5.32 Å². The van der Waals surface area contributed by atoms with E-state index in [1.165, 1.54) is 154 Å². The number of nitrogens with one attached hydrogen (secondary N) is 1. The second-order valence-corrected chi connectivity index (χ2v) is 11.1. The van der Waals surface area contributed by atoms with Gasteiger partial charge in [0.15, 0.2) is 0 Å². The Balaban J connectivity index is 1.67. The van der Waals surface area contributed by atoms with Gasteiger partial charge in [-0.25, -0.2) is 0 Å². The molecule has 0 radical (unpaired) electrons. The topological polar surface area (TPSA) is 29.1 Å². The smallest absolute Gasteiger partial charge is 0.224 e. The molecule has 0 heterocycles. The summed E-state index contributed by atoms with van der Waals surface area (Å²) in [6.45, 7) is 2.30. The Morgan fingerprint density at radius 3 is 1.11 bits per heavy atom. The molecule has 0 aromatic heterocycles. The van der Waals surface area contributed by atoms with Gasteiger partial charge >= 0.3 is 0 Å². The first kappa shape index (κ1) is 32.7. The molecule has 0 aliphatic heterocycles. The van der Waals surface area contributed by atoms with Crippen LogP contribution in [-0.2, 0) is 4.79 Å². The number of hydrogen-bond donors (Lipinski definition) is 1. The first-order chi connectivity index (χ1) is 17.8. The van der Waals surface area contributed by atoms with Crippen molar-refractivity contribution >= 4 is 11.6 Å². The summed E-state index contributed by atoms with van der Waals surface area (Å²) >= 11 is 0. The second kappa shape index (κ2) is 26.7. The Morgan fingerprint density at radius 1 is 0.472 bits per heavy atom. The lowest BCUT2D eigenvalue weighted by Crippen LogP contribution is -2.10. The van der Waals surface area contributed by atoms with E-state index in [0.717, 1.165) is 12.1 Å². The summed E-state index contributed by atoms with van der Waals surface area (Å²) in [5.41, 5.74) is 0.905. The minimum atomic E-state index is 0.148. The lowest BCUT2D eigenvalue weighted by atomic mass is 10.0. The molecule has 1 N–H and O–H groups in total. The SMILES string of the molecule is CCCCCCCCCCCCCCCCCCCCCCCCCCCC(=O)Nc1ccccc1. The first-order valence-corrected chi connectivity index (χ1v) is 16.2. The summed E-state index contributed by atoms with van der Waals surface area (Å²) in [4.78, 5) is 11.9. The van der Waals surface area contributed by atoms with Gasteiger partial charge in [0.05, 0.1) is 0 Å². The molecule has 208 valence electrons. The lowest BCUT2D eigenvalue weighted by molar-refractivity contribution is -0.116. The Hall–Kier alpha value is -1.31. The van der Waals surface area contributed by atoms with Crippen molar-refractivity contribution < 1.29 is 4.79 Å². The number of carbonyl (C=O) groups is 1. The highest BCUT2D eigenvalue weighted by molar-refractivity contribution is 5.90. The number of benzene rings is 1. The maximum absolute atomic E-state index is 11.9. The number of para-hydroxylation sites is 1. The fourth-order valence-corrected chi connectivity index (χ4v) is 5.17. The third-order valence-corrected chi connectivity index (χ3v) is 7.56. The Labute approximate surface area is 225 Å². The van der Waals surface area contributed by atoms with Crippen LogP contribution in [0, 0.1) is 0 Å². The molecule has 0 aliphatic rings. The Bertz CT molecular complexity index is 570. The van der Waals surface area contributed by atoms with Crippen molar-refractivity contribution in [3.63, 3.8) is 0 Å². The van der Waals surface area contributed by atoms with E-state index in [1.807, 2.05) is 30.3 Å². The summed E-state index contributed by atoms with van der Waals surface area (Å²) in [6, 6.07) is 9.77. The molecule has 1 rings (SSSR count). The summed E-state index contributed by atoms with van der Waals surface area (Å²) < 4.78 is 0. The van der Waals surface area contributed by atoms with Crippen LogP contribution in [-0.4, -0.2) is 5.91 Å². The van der Waals surface area contributed by atoms with Crippen molar-refractivity contribution in [2.24, 2.45) is 0 Å². The lowest BCUT2D eigenvalue weighted by Gasteiger charge is -2.05. The zero-order chi connectivity index (χ0) is 25.8. The molecule has 0 spiro atoms. The number of rotatable bonds is 27. The van der Waals surface area contributed by atoms with Crippen LogP contribution in [0.15, 0.2) is 30.3 Å². The van der Waals surface area contributed by atoms with E-state index in [2.05, 4.69) is 12.2 Å². The largest absolute Gasteiger partial charge is 0.326 e. The third-order valence-electron chi connectivity index (χ3n) is 7.56. The molecular formula is C34H61NO. The molecule has 1 aromatic rings. The van der Waals surface area contributed by atoms with E-state index in [0.29, 0.717) is 6.42 Å². The van der Waals surface area contributed by atoms with Gasteiger partial charge in [0.2, 0.25) is 5.91 Å². The molecule has 0 saturated heterocycles. The van der Waals surface area contributed by atoms with Crippen molar-refractivity contribution in [3.8, 4) is 0 Å². The number of carbonyl (C=O) groups excluding carboxylic acids is 1. The maximum Gasteiger partial charge on any atom is 0.224 e. The van der Waals surface area contributed by atoms with E-state index in [9.17, 15) is 4.79 Å². The van der Waals surface area contributed by atoms with Crippen LogP contribution < -0.4 is 5.32 Å². The molecule has 0 aliphatic carbocycles. The first-order valence-electron chi connectivity index (χ1n) is 16.2. The van der Waals surface area contributed by atoms with E-state index < -0.39 is 0 Å². The molecule has 36 heavy (non-hydrogen) atoms. The molecule has 1 amide bonds. The van der Waals surface area contributed by atoms with E-state index in [1.54, 1.807) is 0 Å². The number of anilines is 1. The van der Waals surface area contributed by atoms with Crippen LogP contribution in [0.5, 0.6) is 0 Å². The molecule has 1 aromatic carbocycles. The van der Waals surface area contributed by atoms with Crippen LogP contribution >= 0.6 is 0 Å². The van der Waals surface area contributed by atoms with Gasteiger partial charge in [-0.15, -0.1) is 0 Å². The zero-order valence-corrected chi connectivity index (χ0v) is 24.2. The van der Waals surface area contributed by atoms with Gasteiger partial charge in [-0.3, -0.25) is 4.79 Å². The van der Waals surface area contributed by atoms with Crippen molar-refractivity contribution in [3.05, 3.63) is 30.3 Å². The van der Waals surface area contributed by atoms with Gasteiger partial charge in [0.1, 0.15) is 0 Å². The van der Waals surface area contributed by atoms with Crippen LogP contribution in [0.1, 0.15) is 174 Å². The van der Waals surface area contributed by atoms with E-state index in [-0.39, 0.29) is 5.91 Å². The predicted molar refractivity (Wildman–Crippen MR) is 161 cm³/mol. The highest BCUT2D eigenvalue weighted by Gasteiger charge is 2.02. The number of hydrogen-bond acceptors (Lipinski definition) is 1.